The van der Waals surface area contributed by atoms with Gasteiger partial charge in [0.05, 0.1) is 22.9 Å². The number of carbonyl (C=O) groups is 1. The minimum absolute atomic E-state index is 0.0140. The first-order chi connectivity index (χ1) is 13.4. The van der Waals surface area contributed by atoms with Gasteiger partial charge in [-0.15, -0.1) is 4.37 Å². The summed E-state index contributed by atoms with van der Waals surface area (Å²) in [4.78, 5) is 13.3. The van der Waals surface area contributed by atoms with Gasteiger partial charge in [-0.2, -0.15) is 4.37 Å². The van der Waals surface area contributed by atoms with Crippen molar-refractivity contribution < 1.29 is 17.9 Å². The van der Waals surface area contributed by atoms with Crippen LogP contribution in [-0.4, -0.2) is 34.8 Å². The number of aromatic nitrogens is 2. The Bertz CT molecular complexity index is 958. The van der Waals surface area contributed by atoms with Crippen LogP contribution in [0, 0.1) is 11.3 Å². The van der Waals surface area contributed by atoms with Gasteiger partial charge in [0.2, 0.25) is 14.9 Å². The zero-order valence-corrected chi connectivity index (χ0v) is 17.5. The number of carbonyl (C=O) groups excluding carboxylic acids is 1. The van der Waals surface area contributed by atoms with E-state index in [0.717, 1.165) is 43.0 Å². The first kappa shape index (κ1) is 19.5. The van der Waals surface area contributed by atoms with Crippen LogP contribution in [0.2, 0.25) is 0 Å². The Morgan fingerprint density at radius 2 is 2.07 bits per heavy atom. The summed E-state index contributed by atoms with van der Waals surface area (Å²) in [6, 6.07) is 9.74. The van der Waals surface area contributed by atoms with E-state index in [9.17, 15) is 13.2 Å². The average molecular weight is 421 g/mol. The molecule has 2 aliphatic carbocycles. The van der Waals surface area contributed by atoms with Gasteiger partial charge in [-0.05, 0) is 43.6 Å². The van der Waals surface area contributed by atoms with E-state index >= 15 is 0 Å². The highest BCUT2D eigenvalue weighted by Crippen LogP contribution is 2.56. The van der Waals surface area contributed by atoms with Gasteiger partial charge in [0.15, 0.2) is 0 Å². The molecule has 28 heavy (non-hydrogen) atoms. The van der Waals surface area contributed by atoms with Gasteiger partial charge in [-0.1, -0.05) is 37.3 Å². The summed E-state index contributed by atoms with van der Waals surface area (Å²) in [5.41, 5.74) is 0.452. The smallest absolute Gasteiger partial charge is 0.265 e. The maximum atomic E-state index is 13.3. The molecule has 4 rings (SSSR count). The lowest BCUT2D eigenvalue weighted by Crippen LogP contribution is -2.42. The number of hydrogen-bond acceptors (Lipinski definition) is 7. The van der Waals surface area contributed by atoms with Gasteiger partial charge in [0.25, 0.3) is 5.88 Å². The molecule has 6 nitrogen and oxygen atoms in total. The van der Waals surface area contributed by atoms with Crippen molar-refractivity contribution in [2.24, 2.45) is 11.3 Å². The molecule has 3 unspecified atom stereocenters. The fourth-order valence-corrected chi connectivity index (χ4v) is 6.79. The van der Waals surface area contributed by atoms with E-state index in [1.807, 2.05) is 37.3 Å². The third-order valence-corrected chi connectivity index (χ3v) is 8.46. The van der Waals surface area contributed by atoms with Gasteiger partial charge < -0.3 is 4.74 Å². The molecule has 2 aromatic rings. The van der Waals surface area contributed by atoms with E-state index in [1.165, 1.54) is 0 Å². The van der Waals surface area contributed by atoms with E-state index in [-0.39, 0.29) is 28.5 Å². The molecule has 150 valence electrons. The first-order valence-corrected chi connectivity index (χ1v) is 12.1. The summed E-state index contributed by atoms with van der Waals surface area (Å²) in [7, 11) is -3.51. The van der Waals surface area contributed by atoms with E-state index in [0.29, 0.717) is 18.8 Å². The quantitative estimate of drug-likeness (QED) is 0.650. The second kappa shape index (κ2) is 7.55. The van der Waals surface area contributed by atoms with Crippen LogP contribution in [0.15, 0.2) is 35.4 Å². The van der Waals surface area contributed by atoms with Crippen molar-refractivity contribution in [3.63, 3.8) is 0 Å². The molecule has 2 aliphatic rings. The number of ether oxygens (including phenoxy) is 1. The van der Waals surface area contributed by atoms with Gasteiger partial charge in [0, 0.05) is 6.42 Å². The van der Waals surface area contributed by atoms with Crippen LogP contribution in [0.1, 0.15) is 44.6 Å². The maximum absolute atomic E-state index is 13.3. The van der Waals surface area contributed by atoms with Gasteiger partial charge >= 0.3 is 0 Å². The highest BCUT2D eigenvalue weighted by atomic mass is 32.2. The molecule has 0 spiro atoms. The van der Waals surface area contributed by atoms with E-state index in [4.69, 9.17) is 4.74 Å². The third kappa shape index (κ3) is 3.48. The Balaban J connectivity index is 1.57. The molecule has 8 heteroatoms. The number of sulfone groups is 1. The van der Waals surface area contributed by atoms with E-state index in [1.54, 1.807) is 0 Å². The lowest BCUT2D eigenvalue weighted by atomic mass is 9.76. The van der Waals surface area contributed by atoms with Crippen LogP contribution >= 0.6 is 11.7 Å². The predicted octanol–water partition coefficient (Wildman–Crippen LogP) is 3.47. The number of rotatable bonds is 8. The highest BCUT2D eigenvalue weighted by molar-refractivity contribution is 7.91. The van der Waals surface area contributed by atoms with Crippen LogP contribution in [-0.2, 0) is 21.1 Å². The molecule has 2 bridgehead atoms. The van der Waals surface area contributed by atoms with Gasteiger partial charge in [0.1, 0.15) is 11.9 Å². The van der Waals surface area contributed by atoms with Crippen molar-refractivity contribution in [1.29, 1.82) is 0 Å². The van der Waals surface area contributed by atoms with Crippen LogP contribution < -0.4 is 4.74 Å². The summed E-state index contributed by atoms with van der Waals surface area (Å²) in [5, 5.41) is -0.0761. The fourth-order valence-electron chi connectivity index (χ4n) is 4.69. The van der Waals surface area contributed by atoms with Gasteiger partial charge in [-0.25, -0.2) is 8.42 Å². The normalized spacial score (nSPS) is 26.5. The zero-order valence-electron chi connectivity index (χ0n) is 15.8. The van der Waals surface area contributed by atoms with Crippen molar-refractivity contribution in [3.05, 3.63) is 35.9 Å². The minimum Gasteiger partial charge on any atom is -0.471 e. The largest absolute Gasteiger partial charge is 0.471 e. The maximum Gasteiger partial charge on any atom is 0.265 e. The lowest BCUT2D eigenvalue weighted by Gasteiger charge is -2.33. The second-order valence-corrected chi connectivity index (χ2v) is 10.4. The topological polar surface area (TPSA) is 86.2 Å². The van der Waals surface area contributed by atoms with Crippen LogP contribution in [0.5, 0.6) is 5.88 Å². The van der Waals surface area contributed by atoms with Crippen molar-refractivity contribution >= 4 is 27.3 Å². The third-order valence-electron chi connectivity index (χ3n) is 6.03. The minimum atomic E-state index is -3.51. The van der Waals surface area contributed by atoms with Crippen LogP contribution in [0.3, 0.4) is 0 Å². The molecule has 0 amide bonds. The van der Waals surface area contributed by atoms with E-state index in [2.05, 4.69) is 8.75 Å². The van der Waals surface area contributed by atoms with Crippen LogP contribution in [0.4, 0.5) is 0 Å². The summed E-state index contributed by atoms with van der Waals surface area (Å²) < 4.78 is 39.1. The van der Waals surface area contributed by atoms with Crippen molar-refractivity contribution in [2.75, 3.05) is 5.75 Å². The molecule has 0 saturated heterocycles. The summed E-state index contributed by atoms with van der Waals surface area (Å²) in [6.07, 6.45) is 3.96. The molecular formula is C20H24N2O4S2. The van der Waals surface area contributed by atoms with E-state index < -0.39 is 15.3 Å². The molecule has 1 aromatic carbocycles. The molecule has 2 fully saturated rings. The highest BCUT2D eigenvalue weighted by Gasteiger charge is 2.58. The molecule has 2 saturated carbocycles. The summed E-state index contributed by atoms with van der Waals surface area (Å²) >= 11 is 0.843. The zero-order chi connectivity index (χ0) is 19.8. The summed E-state index contributed by atoms with van der Waals surface area (Å²) in [6.45, 7) is 1.81. The number of hydrogen-bond donors (Lipinski definition) is 0. The monoisotopic (exact) mass is 420 g/mol. The SMILES string of the molecule is CCCS(=O)(=O)c1nsnc1OC1CC2CCC1(C(=O)Cc1ccccc1)C2. The second-order valence-electron chi connectivity index (χ2n) is 7.89. The predicted molar refractivity (Wildman–Crippen MR) is 106 cm³/mol. The fraction of sp³-hybridized carbons (Fsp3) is 0.550. The van der Waals surface area contributed by atoms with Crippen molar-refractivity contribution in [1.82, 2.24) is 8.75 Å². The number of benzene rings is 1. The molecular weight excluding hydrogens is 396 g/mol. The Morgan fingerprint density at radius 3 is 2.79 bits per heavy atom. The summed E-state index contributed by atoms with van der Waals surface area (Å²) in [5.74, 6) is 0.722. The number of ketones is 1. The molecule has 3 atom stereocenters. The molecule has 0 aliphatic heterocycles. The number of Topliss-reactive ketones (excluding diaryl/α,β-unsaturated/α-hetero) is 1. The van der Waals surface area contributed by atoms with Gasteiger partial charge in [-0.3, -0.25) is 4.79 Å². The Morgan fingerprint density at radius 1 is 1.29 bits per heavy atom. The molecule has 1 heterocycles. The van der Waals surface area contributed by atoms with Crippen molar-refractivity contribution in [2.45, 2.75) is 56.6 Å². The van der Waals surface area contributed by atoms with Crippen LogP contribution in [0.25, 0.3) is 0 Å². The molecule has 1 aromatic heterocycles. The number of fused-ring (bicyclic) bond motifs is 2. The Kier molecular flexibility index (Phi) is 5.26. The lowest BCUT2D eigenvalue weighted by molar-refractivity contribution is -0.132. The molecule has 0 N–H and O–H groups in total. The standard InChI is InChI=1S/C20H24N2O4S2/c1-2-10-28(24,25)19-18(21-27-22-19)26-17-12-15-8-9-20(17,13-15)16(23)11-14-6-4-3-5-7-14/h3-7,15,17H,2,8-13H2,1H3. The Labute approximate surface area is 169 Å². The van der Waals surface area contributed by atoms with Crippen molar-refractivity contribution in [3.8, 4) is 5.88 Å². The Hall–Kier alpha value is -1.80. The average Bonchev–Trinajstić information content (AvgIpc) is 3.38. The number of nitrogens with zero attached hydrogens (tertiary/aromatic N) is 2. The first-order valence-electron chi connectivity index (χ1n) is 9.74. The molecule has 0 radical (unpaired) electrons.